The van der Waals surface area contributed by atoms with E-state index >= 15 is 0 Å². The van der Waals surface area contributed by atoms with Gasteiger partial charge in [-0.1, -0.05) is 25.0 Å². The zero-order chi connectivity index (χ0) is 14.4. The minimum Gasteiger partial charge on any atom is -0.211 e. The quantitative estimate of drug-likeness (QED) is 0.622. The second-order valence-electron chi connectivity index (χ2n) is 5.31. The maximum atomic E-state index is 10.5. The molecule has 2 atom stereocenters. The van der Waals surface area contributed by atoms with E-state index in [1.54, 1.807) is 12.2 Å². The molecule has 4 heteroatoms. The van der Waals surface area contributed by atoms with Gasteiger partial charge in [0, 0.05) is 0 Å². The average Bonchev–Trinajstić information content (AvgIpc) is 2.45. The van der Waals surface area contributed by atoms with Crippen molar-refractivity contribution in [1.82, 2.24) is 0 Å². The maximum absolute atomic E-state index is 10.5. The van der Waals surface area contributed by atoms with Gasteiger partial charge in [0.15, 0.2) is 0 Å². The fourth-order valence-electron chi connectivity index (χ4n) is 3.03. The van der Waals surface area contributed by atoms with Gasteiger partial charge in [0.1, 0.15) is 0 Å². The molecule has 0 bridgehead atoms. The number of isocyanates is 2. The van der Waals surface area contributed by atoms with Gasteiger partial charge in [-0.15, -0.1) is 0 Å². The molecule has 0 amide bonds. The summed E-state index contributed by atoms with van der Waals surface area (Å²) in [6.07, 6.45) is 8.37. The van der Waals surface area contributed by atoms with Gasteiger partial charge in [-0.25, -0.2) is 14.6 Å². The van der Waals surface area contributed by atoms with Crippen LogP contribution in [0.15, 0.2) is 28.2 Å². The number of nitrogens with zero attached hydrogens (tertiary/aromatic N) is 2. The normalized spacial score (nSPS) is 21.6. The topological polar surface area (TPSA) is 58.9 Å². The molecule has 0 aliphatic heterocycles. The zero-order valence-electron chi connectivity index (χ0n) is 11.6. The number of aryl methyl sites for hydroxylation is 1. The van der Waals surface area contributed by atoms with Crippen LogP contribution in [-0.2, 0) is 16.0 Å². The number of aliphatic imine (C=N–C) groups is 2. The van der Waals surface area contributed by atoms with Crippen LogP contribution < -0.4 is 0 Å². The van der Waals surface area contributed by atoms with E-state index in [1.807, 2.05) is 25.1 Å². The number of benzene rings is 1. The third-order valence-electron chi connectivity index (χ3n) is 4.11. The molecule has 2 rings (SSSR count). The highest BCUT2D eigenvalue weighted by molar-refractivity contribution is 5.56. The van der Waals surface area contributed by atoms with Gasteiger partial charge >= 0.3 is 0 Å². The fourth-order valence-corrected chi connectivity index (χ4v) is 3.03. The van der Waals surface area contributed by atoms with Crippen molar-refractivity contribution in [3.63, 3.8) is 0 Å². The third kappa shape index (κ3) is 3.30. The molecule has 1 aromatic rings. The standard InChI is InChI=1S/C16H18N2O2/c1-12-5-4-8-16(18-11-20)14(12)9-13-6-2-3-7-15(13)17-10-19/h4-5,8,13,15H,2-3,6-7,9H2,1H3. The predicted molar refractivity (Wildman–Crippen MR) is 76.5 cm³/mol. The number of hydrogen-bond donors (Lipinski definition) is 0. The second-order valence-corrected chi connectivity index (χ2v) is 5.31. The van der Waals surface area contributed by atoms with Crippen molar-refractivity contribution in [2.75, 3.05) is 0 Å². The highest BCUT2D eigenvalue weighted by atomic mass is 16.1. The molecule has 0 N–H and O–H groups in total. The highest BCUT2D eigenvalue weighted by Gasteiger charge is 2.26. The van der Waals surface area contributed by atoms with Crippen molar-refractivity contribution < 1.29 is 9.59 Å². The van der Waals surface area contributed by atoms with Gasteiger partial charge in [0.05, 0.1) is 11.7 Å². The lowest BCUT2D eigenvalue weighted by molar-refractivity contribution is 0.307. The molecule has 0 spiro atoms. The minimum absolute atomic E-state index is 0.0499. The Labute approximate surface area is 118 Å². The van der Waals surface area contributed by atoms with Crippen LogP contribution in [0.25, 0.3) is 0 Å². The Hall–Kier alpha value is -2.02. The first kappa shape index (κ1) is 14.4. The van der Waals surface area contributed by atoms with Gasteiger partial charge in [0.2, 0.25) is 12.2 Å². The summed E-state index contributed by atoms with van der Waals surface area (Å²) in [5.41, 5.74) is 2.86. The molecule has 1 saturated carbocycles. The van der Waals surface area contributed by atoms with E-state index in [-0.39, 0.29) is 6.04 Å². The second kappa shape index (κ2) is 6.95. The van der Waals surface area contributed by atoms with Crippen molar-refractivity contribution >= 4 is 17.8 Å². The third-order valence-corrected chi connectivity index (χ3v) is 4.11. The highest BCUT2D eigenvalue weighted by Crippen LogP contribution is 2.33. The Morgan fingerprint density at radius 2 is 2.00 bits per heavy atom. The molecular weight excluding hydrogens is 252 g/mol. The van der Waals surface area contributed by atoms with E-state index in [2.05, 4.69) is 9.98 Å². The first-order valence-corrected chi connectivity index (χ1v) is 6.99. The predicted octanol–water partition coefficient (Wildman–Crippen LogP) is 3.40. The smallest absolute Gasteiger partial charge is 0.211 e. The summed E-state index contributed by atoms with van der Waals surface area (Å²) in [7, 11) is 0. The van der Waals surface area contributed by atoms with Crippen LogP contribution in [0.5, 0.6) is 0 Å². The van der Waals surface area contributed by atoms with Crippen LogP contribution in [0.4, 0.5) is 5.69 Å². The Bertz CT molecular complexity index is 570. The van der Waals surface area contributed by atoms with E-state index < -0.39 is 0 Å². The molecule has 104 valence electrons. The van der Waals surface area contributed by atoms with Crippen molar-refractivity contribution in [1.29, 1.82) is 0 Å². The summed E-state index contributed by atoms with van der Waals surface area (Å²) >= 11 is 0. The Kier molecular flexibility index (Phi) is 5.00. The molecule has 0 aromatic heterocycles. The average molecular weight is 270 g/mol. The Balaban J connectivity index is 2.28. The number of hydrogen-bond acceptors (Lipinski definition) is 4. The molecule has 1 aliphatic carbocycles. The molecular formula is C16H18N2O2. The lowest BCUT2D eigenvalue weighted by Crippen LogP contribution is -2.25. The maximum Gasteiger partial charge on any atom is 0.240 e. The SMILES string of the molecule is Cc1cccc(N=C=O)c1CC1CCCCC1N=C=O. The van der Waals surface area contributed by atoms with Gasteiger partial charge in [-0.3, -0.25) is 0 Å². The molecule has 1 aliphatic rings. The van der Waals surface area contributed by atoms with Crippen LogP contribution in [0, 0.1) is 12.8 Å². The summed E-state index contributed by atoms with van der Waals surface area (Å²) in [6, 6.07) is 5.78. The first-order valence-electron chi connectivity index (χ1n) is 6.99. The largest absolute Gasteiger partial charge is 0.240 e. The van der Waals surface area contributed by atoms with Gasteiger partial charge < -0.3 is 0 Å². The Morgan fingerprint density at radius 1 is 1.20 bits per heavy atom. The zero-order valence-corrected chi connectivity index (χ0v) is 11.6. The molecule has 0 heterocycles. The number of carbonyl (C=O) groups excluding carboxylic acids is 2. The van der Waals surface area contributed by atoms with Crippen LogP contribution in [0.1, 0.15) is 36.8 Å². The summed E-state index contributed by atoms with van der Waals surface area (Å²) in [4.78, 5) is 28.8. The van der Waals surface area contributed by atoms with Crippen molar-refractivity contribution in [2.24, 2.45) is 15.9 Å². The summed E-state index contributed by atoms with van der Waals surface area (Å²) in [5, 5.41) is 0. The lowest BCUT2D eigenvalue weighted by Gasteiger charge is -2.28. The fraction of sp³-hybridized carbons (Fsp3) is 0.500. The van der Waals surface area contributed by atoms with E-state index in [9.17, 15) is 9.59 Å². The molecule has 2 unspecified atom stereocenters. The van der Waals surface area contributed by atoms with Crippen molar-refractivity contribution in [2.45, 2.75) is 45.1 Å². The molecule has 4 nitrogen and oxygen atoms in total. The lowest BCUT2D eigenvalue weighted by atomic mass is 9.80. The molecule has 0 saturated heterocycles. The number of rotatable bonds is 4. The molecule has 1 fully saturated rings. The van der Waals surface area contributed by atoms with Gasteiger partial charge in [-0.05, 0) is 49.3 Å². The minimum atomic E-state index is 0.0499. The van der Waals surface area contributed by atoms with Crippen molar-refractivity contribution in [3.8, 4) is 0 Å². The van der Waals surface area contributed by atoms with Gasteiger partial charge in [0.25, 0.3) is 0 Å². The van der Waals surface area contributed by atoms with Crippen LogP contribution in [0.3, 0.4) is 0 Å². The van der Waals surface area contributed by atoms with Crippen molar-refractivity contribution in [3.05, 3.63) is 29.3 Å². The molecule has 20 heavy (non-hydrogen) atoms. The molecule has 1 aromatic carbocycles. The van der Waals surface area contributed by atoms with Crippen LogP contribution >= 0.6 is 0 Å². The summed E-state index contributed by atoms with van der Waals surface area (Å²) in [5.74, 6) is 0.326. The van der Waals surface area contributed by atoms with E-state index in [4.69, 9.17) is 0 Å². The van der Waals surface area contributed by atoms with E-state index in [0.29, 0.717) is 11.6 Å². The van der Waals surface area contributed by atoms with Crippen LogP contribution in [0.2, 0.25) is 0 Å². The molecule has 0 radical (unpaired) electrons. The summed E-state index contributed by atoms with van der Waals surface area (Å²) in [6.45, 7) is 2.01. The Morgan fingerprint density at radius 3 is 2.75 bits per heavy atom. The van der Waals surface area contributed by atoms with E-state index in [1.165, 1.54) is 0 Å². The monoisotopic (exact) mass is 270 g/mol. The van der Waals surface area contributed by atoms with E-state index in [0.717, 1.165) is 43.2 Å². The van der Waals surface area contributed by atoms with Gasteiger partial charge in [-0.2, -0.15) is 4.99 Å². The summed E-state index contributed by atoms with van der Waals surface area (Å²) < 4.78 is 0. The van der Waals surface area contributed by atoms with Crippen LogP contribution in [-0.4, -0.2) is 18.2 Å². The first-order chi connectivity index (χ1) is 9.76.